The molecule has 0 bridgehead atoms. The lowest BCUT2D eigenvalue weighted by Gasteiger charge is -2.00. The summed E-state index contributed by atoms with van der Waals surface area (Å²) < 4.78 is 0. The van der Waals surface area contributed by atoms with Crippen molar-refractivity contribution < 1.29 is 0 Å². The molecule has 0 spiro atoms. The third-order valence-corrected chi connectivity index (χ3v) is 2.04. The van der Waals surface area contributed by atoms with Crippen LogP contribution in [-0.4, -0.2) is 10.2 Å². The smallest absolute Gasteiger partial charge is 0.0637 e. The van der Waals surface area contributed by atoms with Crippen LogP contribution in [-0.2, 0) is 0 Å². The molecule has 1 N–H and O–H groups in total. The minimum Gasteiger partial charge on any atom is -0.282 e. The largest absolute Gasteiger partial charge is 0.282 e. The van der Waals surface area contributed by atoms with Crippen LogP contribution in [0.5, 0.6) is 0 Å². The molecular weight excluding hydrogens is 192 g/mol. The first-order valence-electron chi connectivity index (χ1n) is 3.28. The molecule has 0 aromatic carbocycles. The van der Waals surface area contributed by atoms with E-state index in [4.69, 9.17) is 0 Å². The minimum absolute atomic E-state index is 0.395. The fraction of sp³-hybridized carbons (Fsp3) is 0.571. The van der Waals surface area contributed by atoms with Gasteiger partial charge in [0.05, 0.1) is 5.69 Å². The second kappa shape index (κ2) is 2.74. The average Bonchev–Trinajstić information content (AvgIpc) is 2.11. The molecule has 0 saturated carbocycles. The molecule has 3 heteroatoms. The number of aromatic amines is 1. The van der Waals surface area contributed by atoms with Crippen molar-refractivity contribution in [1.29, 1.82) is 0 Å². The first-order chi connectivity index (χ1) is 4.63. The summed E-state index contributed by atoms with van der Waals surface area (Å²) in [6.07, 6.45) is 0. The van der Waals surface area contributed by atoms with Gasteiger partial charge in [-0.3, -0.25) is 5.10 Å². The van der Waals surface area contributed by atoms with Crippen LogP contribution in [0.15, 0.2) is 0 Å². The number of aryl methyl sites for hydroxylation is 2. The van der Waals surface area contributed by atoms with Crippen LogP contribution in [0.25, 0.3) is 0 Å². The SMILES string of the molecule is Cc1n[nH]c(C)c1C(C)Br. The summed E-state index contributed by atoms with van der Waals surface area (Å²) in [7, 11) is 0. The van der Waals surface area contributed by atoms with Gasteiger partial charge in [0.25, 0.3) is 0 Å². The molecule has 0 aliphatic rings. The molecule has 0 aliphatic carbocycles. The molecule has 1 aromatic heterocycles. The van der Waals surface area contributed by atoms with E-state index in [9.17, 15) is 0 Å². The van der Waals surface area contributed by atoms with Crippen molar-refractivity contribution in [3.63, 3.8) is 0 Å². The Balaban J connectivity index is 3.10. The van der Waals surface area contributed by atoms with E-state index in [0.29, 0.717) is 4.83 Å². The molecule has 0 amide bonds. The molecule has 56 valence electrons. The standard InChI is InChI=1S/C7H11BrN2/c1-4(8)7-5(2)9-10-6(7)3/h4H,1-3H3,(H,9,10). The monoisotopic (exact) mass is 202 g/mol. The number of alkyl halides is 1. The van der Waals surface area contributed by atoms with Crippen LogP contribution in [0.2, 0.25) is 0 Å². The zero-order valence-corrected chi connectivity index (χ0v) is 7.99. The number of halogens is 1. The van der Waals surface area contributed by atoms with Crippen LogP contribution in [0, 0.1) is 13.8 Å². The highest BCUT2D eigenvalue weighted by atomic mass is 79.9. The van der Waals surface area contributed by atoms with Crippen molar-refractivity contribution in [3.8, 4) is 0 Å². The van der Waals surface area contributed by atoms with Crippen molar-refractivity contribution in [1.82, 2.24) is 10.2 Å². The highest BCUT2D eigenvalue weighted by Gasteiger charge is 2.09. The predicted octanol–water partition coefficient (Wildman–Crippen LogP) is 2.48. The number of hydrogen-bond donors (Lipinski definition) is 1. The van der Waals surface area contributed by atoms with E-state index >= 15 is 0 Å². The lowest BCUT2D eigenvalue weighted by molar-refractivity contribution is 1.02. The number of rotatable bonds is 1. The Morgan fingerprint density at radius 3 is 2.30 bits per heavy atom. The molecule has 1 rings (SSSR count). The highest BCUT2D eigenvalue weighted by Crippen LogP contribution is 2.25. The maximum atomic E-state index is 4.08. The zero-order valence-electron chi connectivity index (χ0n) is 6.40. The number of H-pyrrole nitrogens is 1. The van der Waals surface area contributed by atoms with Crippen molar-refractivity contribution in [2.75, 3.05) is 0 Å². The van der Waals surface area contributed by atoms with Gasteiger partial charge in [0.15, 0.2) is 0 Å². The Kier molecular flexibility index (Phi) is 2.14. The van der Waals surface area contributed by atoms with Crippen LogP contribution in [0.1, 0.15) is 28.7 Å². The molecule has 1 atom stereocenters. The Bertz CT molecular complexity index is 208. The molecule has 1 heterocycles. The summed E-state index contributed by atoms with van der Waals surface area (Å²) >= 11 is 3.50. The molecule has 0 saturated heterocycles. The van der Waals surface area contributed by atoms with Crippen molar-refractivity contribution >= 4 is 15.9 Å². The second-order valence-electron chi connectivity index (χ2n) is 2.46. The average molecular weight is 203 g/mol. The zero-order chi connectivity index (χ0) is 7.72. The van der Waals surface area contributed by atoms with Crippen molar-refractivity contribution in [3.05, 3.63) is 17.0 Å². The molecule has 2 nitrogen and oxygen atoms in total. The molecule has 10 heavy (non-hydrogen) atoms. The van der Waals surface area contributed by atoms with Crippen LogP contribution in [0.4, 0.5) is 0 Å². The normalized spacial score (nSPS) is 13.6. The molecule has 0 radical (unpaired) electrons. The summed E-state index contributed by atoms with van der Waals surface area (Å²) in [5.41, 5.74) is 3.52. The minimum atomic E-state index is 0.395. The quantitative estimate of drug-likeness (QED) is 0.698. The topological polar surface area (TPSA) is 28.7 Å². The van der Waals surface area contributed by atoms with Gasteiger partial charge < -0.3 is 0 Å². The van der Waals surface area contributed by atoms with Gasteiger partial charge in [0.1, 0.15) is 0 Å². The van der Waals surface area contributed by atoms with Crippen LogP contribution in [0.3, 0.4) is 0 Å². The molecule has 1 aromatic rings. The number of aromatic nitrogens is 2. The van der Waals surface area contributed by atoms with Crippen molar-refractivity contribution in [2.24, 2.45) is 0 Å². The first-order valence-corrected chi connectivity index (χ1v) is 4.20. The second-order valence-corrected chi connectivity index (χ2v) is 3.84. The molecular formula is C7H11BrN2. The molecule has 0 aliphatic heterocycles. The summed E-state index contributed by atoms with van der Waals surface area (Å²) in [6.45, 7) is 6.15. The van der Waals surface area contributed by atoms with E-state index in [-0.39, 0.29) is 0 Å². The van der Waals surface area contributed by atoms with Crippen LogP contribution < -0.4 is 0 Å². The number of nitrogens with zero attached hydrogens (tertiary/aromatic N) is 1. The van der Waals surface area contributed by atoms with Gasteiger partial charge >= 0.3 is 0 Å². The number of nitrogens with one attached hydrogen (secondary N) is 1. The lowest BCUT2D eigenvalue weighted by Crippen LogP contribution is -1.86. The highest BCUT2D eigenvalue weighted by molar-refractivity contribution is 9.09. The van der Waals surface area contributed by atoms with Gasteiger partial charge in [0.2, 0.25) is 0 Å². The van der Waals surface area contributed by atoms with E-state index < -0.39 is 0 Å². The van der Waals surface area contributed by atoms with Gasteiger partial charge in [-0.2, -0.15) is 5.10 Å². The molecule has 0 fully saturated rings. The maximum absolute atomic E-state index is 4.08. The Labute approximate surface area is 69.2 Å². The molecule has 1 unspecified atom stereocenters. The maximum Gasteiger partial charge on any atom is 0.0637 e. The van der Waals surface area contributed by atoms with E-state index in [2.05, 4.69) is 33.1 Å². The summed E-state index contributed by atoms with van der Waals surface area (Å²) in [6, 6.07) is 0. The lowest BCUT2D eigenvalue weighted by atomic mass is 10.1. The summed E-state index contributed by atoms with van der Waals surface area (Å²) in [5.74, 6) is 0. The Morgan fingerprint density at radius 1 is 1.50 bits per heavy atom. The Hall–Kier alpha value is -0.310. The van der Waals surface area contributed by atoms with Gasteiger partial charge in [-0.25, -0.2) is 0 Å². The third-order valence-electron chi connectivity index (χ3n) is 1.58. The summed E-state index contributed by atoms with van der Waals surface area (Å²) in [5, 5.41) is 7.02. The van der Waals surface area contributed by atoms with E-state index in [1.54, 1.807) is 0 Å². The fourth-order valence-electron chi connectivity index (χ4n) is 1.15. The predicted molar refractivity (Wildman–Crippen MR) is 45.4 cm³/mol. The van der Waals surface area contributed by atoms with E-state index in [1.165, 1.54) is 5.56 Å². The van der Waals surface area contributed by atoms with E-state index in [1.807, 2.05) is 13.8 Å². The van der Waals surface area contributed by atoms with Gasteiger partial charge in [-0.05, 0) is 20.8 Å². The van der Waals surface area contributed by atoms with Gasteiger partial charge in [-0.15, -0.1) is 0 Å². The van der Waals surface area contributed by atoms with E-state index in [0.717, 1.165) is 11.4 Å². The summed E-state index contributed by atoms with van der Waals surface area (Å²) in [4.78, 5) is 0.395. The Morgan fingerprint density at radius 2 is 2.10 bits per heavy atom. The van der Waals surface area contributed by atoms with Gasteiger partial charge in [0, 0.05) is 16.1 Å². The van der Waals surface area contributed by atoms with Gasteiger partial charge in [-0.1, -0.05) is 15.9 Å². The third kappa shape index (κ3) is 1.24. The van der Waals surface area contributed by atoms with Crippen molar-refractivity contribution in [2.45, 2.75) is 25.6 Å². The van der Waals surface area contributed by atoms with Crippen LogP contribution >= 0.6 is 15.9 Å². The number of hydrogen-bond acceptors (Lipinski definition) is 1. The fourth-order valence-corrected chi connectivity index (χ4v) is 1.82. The first kappa shape index (κ1) is 7.79.